The molecule has 0 amide bonds. The van der Waals surface area contributed by atoms with Crippen LogP contribution in [0, 0.1) is 6.92 Å². The first-order valence-corrected chi connectivity index (χ1v) is 14.6. The Labute approximate surface area is 207 Å². The Balaban J connectivity index is 2.17. The second-order valence-corrected chi connectivity index (χ2v) is 12.9. The normalized spacial score (nSPS) is 12.6. The zero-order chi connectivity index (χ0) is 25.1. The van der Waals surface area contributed by atoms with Gasteiger partial charge in [0.25, 0.3) is 0 Å². The topological polar surface area (TPSA) is 68.3 Å². The molecule has 0 bridgehead atoms. The zero-order valence-electron chi connectivity index (χ0n) is 19.5. The highest BCUT2D eigenvalue weighted by atomic mass is 32.3. The van der Waals surface area contributed by atoms with Crippen LogP contribution in [0.5, 0.6) is 0 Å². The van der Waals surface area contributed by atoms with Crippen LogP contribution in [-0.2, 0) is 19.7 Å². The van der Waals surface area contributed by atoms with Gasteiger partial charge in [-0.25, -0.2) is 16.8 Å². The van der Waals surface area contributed by atoms with Crippen molar-refractivity contribution in [2.75, 3.05) is 6.26 Å². The van der Waals surface area contributed by atoms with Crippen LogP contribution < -0.4 is 0 Å². The third-order valence-corrected chi connectivity index (χ3v) is 10.3. The number of benzene rings is 4. The predicted molar refractivity (Wildman–Crippen MR) is 142 cm³/mol. The summed E-state index contributed by atoms with van der Waals surface area (Å²) in [5.74, 6) is 0. The van der Waals surface area contributed by atoms with E-state index in [1.807, 2.05) is 73.7 Å². The molecule has 1 unspecified atom stereocenters. The Hall–Kier alpha value is -3.48. The Kier molecular flexibility index (Phi) is 7.05. The summed E-state index contributed by atoms with van der Waals surface area (Å²) >= 11 is 0. The van der Waals surface area contributed by atoms with Gasteiger partial charge in [0.2, 0.25) is 0 Å². The van der Waals surface area contributed by atoms with E-state index in [0.29, 0.717) is 11.1 Å². The van der Waals surface area contributed by atoms with Gasteiger partial charge in [0.1, 0.15) is 0 Å². The minimum atomic E-state index is -4.33. The van der Waals surface area contributed by atoms with Crippen LogP contribution in [0.3, 0.4) is 0 Å². The standard InChI is InChI=1S/C29H26O4S2/c1-22-18-20-26(21-19-22)35(32,33)29(34(2,30)31)28(25-16-10-5-11-17-25)27(23-12-6-3-7-13-23)24-14-8-4-9-15-24/h3-21,29H,1-2H3. The molecular formula is C29H26O4S2. The quantitative estimate of drug-likeness (QED) is 0.300. The highest BCUT2D eigenvalue weighted by molar-refractivity contribution is 8.09. The van der Waals surface area contributed by atoms with Gasteiger partial charge < -0.3 is 0 Å². The molecule has 0 saturated heterocycles. The molecule has 0 radical (unpaired) electrons. The Morgan fingerprint density at radius 1 is 0.571 bits per heavy atom. The van der Waals surface area contributed by atoms with Crippen molar-refractivity contribution in [3.05, 3.63) is 138 Å². The van der Waals surface area contributed by atoms with Gasteiger partial charge in [0, 0.05) is 11.8 Å². The molecule has 0 saturated carbocycles. The van der Waals surface area contributed by atoms with Gasteiger partial charge in [-0.05, 0) is 41.3 Å². The number of rotatable bonds is 7. The van der Waals surface area contributed by atoms with Gasteiger partial charge in [-0.3, -0.25) is 0 Å². The van der Waals surface area contributed by atoms with Gasteiger partial charge in [0.15, 0.2) is 24.3 Å². The molecule has 0 N–H and O–H groups in total. The molecule has 1 atom stereocenters. The molecule has 4 nitrogen and oxygen atoms in total. The summed E-state index contributed by atoms with van der Waals surface area (Å²) < 4.78 is 53.1. The first kappa shape index (κ1) is 24.6. The number of hydrogen-bond donors (Lipinski definition) is 0. The van der Waals surface area contributed by atoms with Crippen molar-refractivity contribution in [2.45, 2.75) is 16.4 Å². The van der Waals surface area contributed by atoms with Gasteiger partial charge in [-0.15, -0.1) is 0 Å². The fourth-order valence-corrected chi connectivity index (χ4v) is 8.34. The lowest BCUT2D eigenvalue weighted by Crippen LogP contribution is -2.32. The minimum absolute atomic E-state index is 0.0348. The molecule has 0 aliphatic carbocycles. The first-order chi connectivity index (χ1) is 16.7. The summed E-state index contributed by atoms with van der Waals surface area (Å²) in [6.07, 6.45) is 0.986. The Bertz CT molecular complexity index is 1500. The summed E-state index contributed by atoms with van der Waals surface area (Å²) in [7, 11) is -8.46. The lowest BCUT2D eigenvalue weighted by atomic mass is 9.90. The zero-order valence-corrected chi connectivity index (χ0v) is 21.1. The molecule has 0 fully saturated rings. The highest BCUT2D eigenvalue weighted by Gasteiger charge is 2.41. The molecule has 0 aliphatic rings. The van der Waals surface area contributed by atoms with Gasteiger partial charge in [-0.1, -0.05) is 109 Å². The molecule has 0 spiro atoms. The average Bonchev–Trinajstić information content (AvgIpc) is 2.85. The SMILES string of the molecule is Cc1ccc(S(=O)(=O)C(C(=C(c2ccccc2)c2ccccc2)c2ccccc2)S(C)(=O)=O)cc1. The minimum Gasteiger partial charge on any atom is -0.227 e. The van der Waals surface area contributed by atoms with E-state index in [1.165, 1.54) is 12.1 Å². The number of hydrogen-bond acceptors (Lipinski definition) is 4. The predicted octanol–water partition coefficient (Wildman–Crippen LogP) is 5.80. The Morgan fingerprint density at radius 2 is 0.971 bits per heavy atom. The molecular weight excluding hydrogens is 476 g/mol. The Morgan fingerprint density at radius 3 is 1.37 bits per heavy atom. The third-order valence-electron chi connectivity index (χ3n) is 5.73. The summed E-state index contributed by atoms with van der Waals surface area (Å²) in [4.78, 5) is -0.0348. The molecule has 4 rings (SSSR count). The maximum Gasteiger partial charge on any atom is 0.199 e. The van der Waals surface area contributed by atoms with Gasteiger partial charge in [0.05, 0.1) is 4.90 Å². The van der Waals surface area contributed by atoms with Crippen LogP contribution in [0.2, 0.25) is 0 Å². The van der Waals surface area contributed by atoms with Crippen molar-refractivity contribution >= 4 is 30.8 Å². The van der Waals surface area contributed by atoms with E-state index in [-0.39, 0.29) is 10.5 Å². The van der Waals surface area contributed by atoms with E-state index in [2.05, 4.69) is 0 Å². The molecule has 35 heavy (non-hydrogen) atoms. The molecule has 178 valence electrons. The molecule has 6 heteroatoms. The molecule has 0 aliphatic heterocycles. The largest absolute Gasteiger partial charge is 0.227 e. The van der Waals surface area contributed by atoms with Crippen molar-refractivity contribution in [3.63, 3.8) is 0 Å². The summed E-state index contributed by atoms with van der Waals surface area (Å²) in [6, 6.07) is 33.8. The fourth-order valence-electron chi connectivity index (χ4n) is 4.15. The van der Waals surface area contributed by atoms with Crippen molar-refractivity contribution in [2.24, 2.45) is 0 Å². The van der Waals surface area contributed by atoms with E-state index >= 15 is 0 Å². The molecule has 4 aromatic rings. The van der Waals surface area contributed by atoms with Crippen LogP contribution in [0.25, 0.3) is 11.1 Å². The second-order valence-electron chi connectivity index (χ2n) is 8.41. The smallest absolute Gasteiger partial charge is 0.199 e. The van der Waals surface area contributed by atoms with Gasteiger partial charge >= 0.3 is 0 Å². The summed E-state index contributed by atoms with van der Waals surface area (Å²) in [5, 5.41) is 0. The van der Waals surface area contributed by atoms with E-state index in [4.69, 9.17) is 0 Å². The monoisotopic (exact) mass is 502 g/mol. The summed E-state index contributed by atoms with van der Waals surface area (Å²) in [5.41, 5.74) is 3.65. The van der Waals surface area contributed by atoms with Crippen LogP contribution in [-0.4, -0.2) is 27.7 Å². The van der Waals surface area contributed by atoms with Crippen LogP contribution >= 0.6 is 0 Å². The van der Waals surface area contributed by atoms with Gasteiger partial charge in [-0.2, -0.15) is 0 Å². The van der Waals surface area contributed by atoms with E-state index in [9.17, 15) is 16.8 Å². The van der Waals surface area contributed by atoms with Crippen molar-refractivity contribution in [3.8, 4) is 0 Å². The fraction of sp³-hybridized carbons (Fsp3) is 0.103. The first-order valence-electron chi connectivity index (χ1n) is 11.1. The van der Waals surface area contributed by atoms with Crippen molar-refractivity contribution in [1.29, 1.82) is 0 Å². The van der Waals surface area contributed by atoms with Crippen molar-refractivity contribution in [1.82, 2.24) is 0 Å². The van der Waals surface area contributed by atoms with Crippen molar-refractivity contribution < 1.29 is 16.8 Å². The molecule has 4 aromatic carbocycles. The summed E-state index contributed by atoms with van der Waals surface area (Å²) in [6.45, 7) is 1.85. The number of aryl methyl sites for hydroxylation is 1. The third kappa shape index (κ3) is 5.29. The highest BCUT2D eigenvalue weighted by Crippen LogP contribution is 2.40. The lowest BCUT2D eigenvalue weighted by Gasteiger charge is -2.24. The van der Waals surface area contributed by atoms with Crippen LogP contribution in [0.4, 0.5) is 0 Å². The van der Waals surface area contributed by atoms with Crippen LogP contribution in [0.15, 0.2) is 120 Å². The van der Waals surface area contributed by atoms with E-state index < -0.39 is 24.3 Å². The molecule has 0 heterocycles. The second kappa shape index (κ2) is 10.0. The number of sulfone groups is 2. The van der Waals surface area contributed by atoms with Crippen LogP contribution in [0.1, 0.15) is 22.3 Å². The maximum atomic E-state index is 14.1. The molecule has 0 aromatic heterocycles. The van der Waals surface area contributed by atoms with E-state index in [0.717, 1.165) is 22.9 Å². The maximum absolute atomic E-state index is 14.1. The lowest BCUT2D eigenvalue weighted by molar-refractivity contribution is 0.586. The van der Waals surface area contributed by atoms with E-state index in [1.54, 1.807) is 36.4 Å². The average molecular weight is 503 g/mol.